The molecule has 1 unspecified atom stereocenters. The summed E-state index contributed by atoms with van der Waals surface area (Å²) in [4.78, 5) is 0. The van der Waals surface area contributed by atoms with Gasteiger partial charge in [-0.15, -0.1) is 0 Å². The number of benzene rings is 1. The summed E-state index contributed by atoms with van der Waals surface area (Å²) >= 11 is 9.43. The lowest BCUT2D eigenvalue weighted by atomic mass is 10.1. The van der Waals surface area contributed by atoms with E-state index < -0.39 is 12.6 Å². The lowest BCUT2D eigenvalue weighted by Crippen LogP contribution is -2.20. The van der Waals surface area contributed by atoms with Crippen LogP contribution in [-0.2, 0) is 0 Å². The van der Waals surface area contributed by atoms with Gasteiger partial charge in [0.1, 0.15) is 0 Å². The summed E-state index contributed by atoms with van der Waals surface area (Å²) in [5.41, 5.74) is 0.945. The van der Waals surface area contributed by atoms with Crippen LogP contribution in [0.3, 0.4) is 0 Å². The molecule has 0 radical (unpaired) electrons. The van der Waals surface area contributed by atoms with Crippen molar-refractivity contribution >= 4 is 27.5 Å². The molecule has 0 aliphatic heterocycles. The molecular formula is C13H16BrClF3N. The van der Waals surface area contributed by atoms with E-state index in [4.69, 9.17) is 11.6 Å². The monoisotopic (exact) mass is 357 g/mol. The Morgan fingerprint density at radius 1 is 1.32 bits per heavy atom. The van der Waals surface area contributed by atoms with E-state index in [1.165, 1.54) is 0 Å². The lowest BCUT2D eigenvalue weighted by Gasteiger charge is -2.16. The first-order valence-corrected chi connectivity index (χ1v) is 7.22. The van der Waals surface area contributed by atoms with Crippen molar-refractivity contribution in [3.05, 3.63) is 33.3 Å². The second-order valence-corrected chi connectivity index (χ2v) is 5.74. The maximum absolute atomic E-state index is 12.0. The molecule has 19 heavy (non-hydrogen) atoms. The van der Waals surface area contributed by atoms with Gasteiger partial charge in [-0.05, 0) is 44.0 Å². The average Bonchev–Trinajstić information content (AvgIpc) is 2.26. The van der Waals surface area contributed by atoms with Crippen LogP contribution in [0, 0.1) is 0 Å². The predicted octanol–water partition coefficient (Wildman–Crippen LogP) is 5.49. The zero-order valence-corrected chi connectivity index (χ0v) is 12.9. The van der Waals surface area contributed by atoms with Gasteiger partial charge in [0.05, 0.1) is 0 Å². The Bertz CT molecular complexity index is 409. The number of halogens is 5. The van der Waals surface area contributed by atoms with E-state index in [1.807, 2.05) is 19.1 Å². The molecule has 0 spiro atoms. The van der Waals surface area contributed by atoms with Crippen LogP contribution in [0.1, 0.15) is 37.8 Å². The first-order chi connectivity index (χ1) is 8.79. The molecule has 0 fully saturated rings. The summed E-state index contributed by atoms with van der Waals surface area (Å²) in [5, 5.41) is 3.82. The summed E-state index contributed by atoms with van der Waals surface area (Å²) in [6.07, 6.45) is -4.13. The molecule has 0 saturated carbocycles. The number of alkyl halides is 3. The fourth-order valence-electron chi connectivity index (χ4n) is 1.73. The van der Waals surface area contributed by atoms with E-state index in [0.29, 0.717) is 18.0 Å². The summed E-state index contributed by atoms with van der Waals surface area (Å²) in [7, 11) is 0. The molecule has 0 saturated heterocycles. The molecule has 0 aliphatic carbocycles. The summed E-state index contributed by atoms with van der Waals surface area (Å²) < 4.78 is 36.8. The Morgan fingerprint density at radius 2 is 2.00 bits per heavy atom. The van der Waals surface area contributed by atoms with E-state index in [-0.39, 0.29) is 12.5 Å². The van der Waals surface area contributed by atoms with Crippen LogP contribution < -0.4 is 5.32 Å². The Hall–Kier alpha value is -0.260. The van der Waals surface area contributed by atoms with Gasteiger partial charge in [0.25, 0.3) is 0 Å². The minimum atomic E-state index is -4.05. The molecule has 1 nitrogen and oxygen atoms in total. The van der Waals surface area contributed by atoms with Gasteiger partial charge >= 0.3 is 6.18 Å². The predicted molar refractivity (Wildman–Crippen MR) is 75.5 cm³/mol. The highest BCUT2D eigenvalue weighted by Gasteiger charge is 2.25. The van der Waals surface area contributed by atoms with Crippen molar-refractivity contribution in [1.82, 2.24) is 5.32 Å². The molecule has 0 bridgehead atoms. The maximum Gasteiger partial charge on any atom is 0.389 e. The summed E-state index contributed by atoms with van der Waals surface area (Å²) in [6, 6.07) is 5.62. The lowest BCUT2D eigenvalue weighted by molar-refractivity contribution is -0.135. The molecule has 0 amide bonds. The van der Waals surface area contributed by atoms with Crippen LogP contribution in [0.25, 0.3) is 0 Å². The maximum atomic E-state index is 12.0. The first-order valence-electron chi connectivity index (χ1n) is 6.04. The van der Waals surface area contributed by atoms with Crippen molar-refractivity contribution in [2.45, 2.75) is 38.4 Å². The van der Waals surface area contributed by atoms with Crippen LogP contribution in [-0.4, -0.2) is 12.7 Å². The van der Waals surface area contributed by atoms with Gasteiger partial charge in [0.2, 0.25) is 0 Å². The first kappa shape index (κ1) is 16.8. The van der Waals surface area contributed by atoms with E-state index >= 15 is 0 Å². The number of unbranched alkanes of at least 4 members (excludes halogenated alkanes) is 1. The van der Waals surface area contributed by atoms with Crippen LogP contribution in [0.5, 0.6) is 0 Å². The quantitative estimate of drug-likeness (QED) is 0.663. The van der Waals surface area contributed by atoms with Crippen LogP contribution >= 0.6 is 27.5 Å². The largest absolute Gasteiger partial charge is 0.389 e. The fourth-order valence-corrected chi connectivity index (χ4v) is 2.57. The molecule has 0 heterocycles. The molecule has 1 N–H and O–H groups in total. The van der Waals surface area contributed by atoms with Gasteiger partial charge in [-0.3, -0.25) is 0 Å². The third kappa shape index (κ3) is 6.63. The SMILES string of the molecule is CC(NCCCCC(F)(F)F)c1ccc(Br)cc1Cl. The van der Waals surface area contributed by atoms with Crippen molar-refractivity contribution in [2.24, 2.45) is 0 Å². The van der Waals surface area contributed by atoms with E-state index in [9.17, 15) is 13.2 Å². The fraction of sp³-hybridized carbons (Fsp3) is 0.538. The van der Waals surface area contributed by atoms with Gasteiger partial charge in [0, 0.05) is 22.0 Å². The van der Waals surface area contributed by atoms with Crippen LogP contribution in [0.2, 0.25) is 5.02 Å². The van der Waals surface area contributed by atoms with E-state index in [1.54, 1.807) is 6.07 Å². The number of rotatable bonds is 6. The second-order valence-electron chi connectivity index (χ2n) is 4.41. The average molecular weight is 359 g/mol. The van der Waals surface area contributed by atoms with Crippen molar-refractivity contribution in [3.63, 3.8) is 0 Å². The van der Waals surface area contributed by atoms with Crippen molar-refractivity contribution < 1.29 is 13.2 Å². The highest BCUT2D eigenvalue weighted by Crippen LogP contribution is 2.26. The third-order valence-corrected chi connectivity index (χ3v) is 3.59. The highest BCUT2D eigenvalue weighted by atomic mass is 79.9. The molecule has 1 atom stereocenters. The Balaban J connectivity index is 2.33. The summed E-state index contributed by atoms with van der Waals surface area (Å²) in [5.74, 6) is 0. The number of nitrogens with one attached hydrogen (secondary N) is 1. The standard InChI is InChI=1S/C13H16BrClF3N/c1-9(11-5-4-10(14)8-12(11)15)19-7-3-2-6-13(16,17)18/h4-5,8-9,19H,2-3,6-7H2,1H3. The van der Waals surface area contributed by atoms with Crippen LogP contribution in [0.4, 0.5) is 13.2 Å². The zero-order valence-electron chi connectivity index (χ0n) is 10.5. The Kier molecular flexibility index (Phi) is 6.63. The second kappa shape index (κ2) is 7.50. The smallest absolute Gasteiger partial charge is 0.310 e. The van der Waals surface area contributed by atoms with Gasteiger partial charge in [0.15, 0.2) is 0 Å². The van der Waals surface area contributed by atoms with Gasteiger partial charge in [-0.2, -0.15) is 13.2 Å². The number of hydrogen-bond acceptors (Lipinski definition) is 1. The van der Waals surface area contributed by atoms with Crippen molar-refractivity contribution in [2.75, 3.05) is 6.54 Å². The van der Waals surface area contributed by atoms with Gasteiger partial charge < -0.3 is 5.32 Å². The molecule has 6 heteroatoms. The molecule has 108 valence electrons. The molecule has 0 aromatic heterocycles. The topological polar surface area (TPSA) is 12.0 Å². The van der Waals surface area contributed by atoms with Crippen molar-refractivity contribution in [1.29, 1.82) is 0 Å². The van der Waals surface area contributed by atoms with Gasteiger partial charge in [-0.1, -0.05) is 33.6 Å². The Morgan fingerprint density at radius 3 is 2.58 bits per heavy atom. The van der Waals surface area contributed by atoms with E-state index in [2.05, 4.69) is 21.2 Å². The van der Waals surface area contributed by atoms with Crippen LogP contribution in [0.15, 0.2) is 22.7 Å². The minimum Gasteiger partial charge on any atom is -0.310 e. The molecule has 1 rings (SSSR count). The molecule has 0 aliphatic rings. The Labute approximate surface area is 124 Å². The highest BCUT2D eigenvalue weighted by molar-refractivity contribution is 9.10. The minimum absolute atomic E-state index is 0.0199. The van der Waals surface area contributed by atoms with Gasteiger partial charge in [-0.25, -0.2) is 0 Å². The third-order valence-electron chi connectivity index (χ3n) is 2.77. The summed E-state index contributed by atoms with van der Waals surface area (Å²) in [6.45, 7) is 2.49. The van der Waals surface area contributed by atoms with E-state index in [0.717, 1.165) is 10.0 Å². The molecular weight excluding hydrogens is 343 g/mol. The molecule has 1 aromatic carbocycles. The zero-order chi connectivity index (χ0) is 14.5. The normalized spacial score (nSPS) is 13.6. The van der Waals surface area contributed by atoms with Crippen molar-refractivity contribution in [3.8, 4) is 0 Å². The number of hydrogen-bond donors (Lipinski definition) is 1. The molecule has 1 aromatic rings.